The minimum absolute atomic E-state index is 0.0660. The van der Waals surface area contributed by atoms with Crippen LogP contribution in [0.2, 0.25) is 0 Å². The Bertz CT molecular complexity index is 647. The third-order valence-corrected chi connectivity index (χ3v) is 3.43. The van der Waals surface area contributed by atoms with Crippen molar-refractivity contribution in [1.82, 2.24) is 4.57 Å². The van der Waals surface area contributed by atoms with E-state index in [0.29, 0.717) is 12.1 Å². The summed E-state index contributed by atoms with van der Waals surface area (Å²) in [4.78, 5) is 12.5. The number of aromatic nitrogens is 1. The van der Waals surface area contributed by atoms with Gasteiger partial charge in [-0.25, -0.2) is 4.39 Å². The lowest BCUT2D eigenvalue weighted by molar-refractivity contribution is 0.620. The van der Waals surface area contributed by atoms with Crippen molar-refractivity contribution in [2.75, 3.05) is 0 Å². The molecule has 2 rings (SSSR count). The second-order valence-corrected chi connectivity index (χ2v) is 4.92. The molecule has 4 heteroatoms. The summed E-state index contributed by atoms with van der Waals surface area (Å²) in [7, 11) is 0. The summed E-state index contributed by atoms with van der Waals surface area (Å²) in [6.45, 7) is 4.61. The van der Waals surface area contributed by atoms with E-state index in [4.69, 9.17) is 5.73 Å². The maximum atomic E-state index is 12.9. The number of nitrogens with two attached hydrogens (primary N) is 1. The molecule has 1 aromatic heterocycles. The predicted molar refractivity (Wildman–Crippen MR) is 78.2 cm³/mol. The number of pyridine rings is 1. The van der Waals surface area contributed by atoms with Crippen LogP contribution >= 0.6 is 0 Å². The van der Waals surface area contributed by atoms with Crippen LogP contribution in [0.25, 0.3) is 0 Å². The third kappa shape index (κ3) is 2.80. The van der Waals surface area contributed by atoms with Gasteiger partial charge in [-0.3, -0.25) is 4.79 Å². The number of aryl methyl sites for hydroxylation is 1. The number of hydrogen-bond acceptors (Lipinski definition) is 2. The van der Waals surface area contributed by atoms with E-state index in [-0.39, 0.29) is 11.4 Å². The van der Waals surface area contributed by atoms with Gasteiger partial charge in [0.1, 0.15) is 5.82 Å². The molecule has 1 atom stereocenters. The van der Waals surface area contributed by atoms with Crippen LogP contribution < -0.4 is 11.3 Å². The highest BCUT2D eigenvalue weighted by Crippen LogP contribution is 2.17. The normalized spacial score (nSPS) is 12.4. The van der Waals surface area contributed by atoms with E-state index in [1.54, 1.807) is 22.8 Å². The van der Waals surface area contributed by atoms with E-state index in [0.717, 1.165) is 17.7 Å². The van der Waals surface area contributed by atoms with Gasteiger partial charge in [0.05, 0.1) is 6.04 Å². The SMILES string of the molecule is CCCn1c(C)ccc(C(N)c2ccc(F)cc2)c1=O. The van der Waals surface area contributed by atoms with E-state index >= 15 is 0 Å². The van der Waals surface area contributed by atoms with Crippen molar-refractivity contribution >= 4 is 0 Å². The quantitative estimate of drug-likeness (QED) is 0.932. The van der Waals surface area contributed by atoms with Gasteiger partial charge in [-0.2, -0.15) is 0 Å². The zero-order valence-corrected chi connectivity index (χ0v) is 11.8. The molecule has 0 saturated carbocycles. The maximum Gasteiger partial charge on any atom is 0.255 e. The molecular weight excluding hydrogens is 255 g/mol. The second kappa shape index (κ2) is 6.01. The molecule has 0 aliphatic heterocycles. The highest BCUT2D eigenvalue weighted by molar-refractivity contribution is 5.30. The molecular formula is C16H19FN2O. The molecule has 0 radical (unpaired) electrons. The van der Waals surface area contributed by atoms with Gasteiger partial charge in [0, 0.05) is 17.8 Å². The van der Waals surface area contributed by atoms with Crippen molar-refractivity contribution in [1.29, 1.82) is 0 Å². The number of halogens is 1. The van der Waals surface area contributed by atoms with Crippen LogP contribution in [0.5, 0.6) is 0 Å². The van der Waals surface area contributed by atoms with Gasteiger partial charge in [0.2, 0.25) is 0 Å². The number of nitrogens with zero attached hydrogens (tertiary/aromatic N) is 1. The molecule has 2 aromatic rings. The topological polar surface area (TPSA) is 48.0 Å². The predicted octanol–water partition coefficient (Wildman–Crippen LogP) is 2.75. The van der Waals surface area contributed by atoms with Crippen LogP contribution in [0.1, 0.15) is 36.2 Å². The minimum atomic E-state index is -0.535. The highest BCUT2D eigenvalue weighted by atomic mass is 19.1. The van der Waals surface area contributed by atoms with Crippen LogP contribution in [-0.4, -0.2) is 4.57 Å². The van der Waals surface area contributed by atoms with Crippen LogP contribution in [0, 0.1) is 12.7 Å². The van der Waals surface area contributed by atoms with Crippen molar-refractivity contribution in [2.24, 2.45) is 5.73 Å². The number of rotatable bonds is 4. The van der Waals surface area contributed by atoms with Gasteiger partial charge in [0.25, 0.3) is 5.56 Å². The van der Waals surface area contributed by atoms with Crippen molar-refractivity contribution < 1.29 is 4.39 Å². The smallest absolute Gasteiger partial charge is 0.255 e. The molecule has 3 nitrogen and oxygen atoms in total. The van der Waals surface area contributed by atoms with E-state index in [9.17, 15) is 9.18 Å². The molecule has 2 N–H and O–H groups in total. The lowest BCUT2D eigenvalue weighted by Crippen LogP contribution is -2.30. The summed E-state index contributed by atoms with van der Waals surface area (Å²) >= 11 is 0. The fourth-order valence-corrected chi connectivity index (χ4v) is 2.28. The lowest BCUT2D eigenvalue weighted by Gasteiger charge is -2.16. The summed E-state index contributed by atoms with van der Waals surface area (Å²) < 4.78 is 14.7. The van der Waals surface area contributed by atoms with Gasteiger partial charge in [0.15, 0.2) is 0 Å². The summed E-state index contributed by atoms with van der Waals surface area (Å²) in [5.74, 6) is -0.312. The molecule has 106 valence electrons. The molecule has 0 saturated heterocycles. The zero-order chi connectivity index (χ0) is 14.7. The standard InChI is InChI=1S/C16H19FN2O/c1-3-10-19-11(2)4-9-14(16(19)20)15(18)12-5-7-13(17)8-6-12/h4-9,15H,3,10,18H2,1-2H3. The van der Waals surface area contributed by atoms with Crippen molar-refractivity contribution in [3.63, 3.8) is 0 Å². The van der Waals surface area contributed by atoms with Crippen LogP contribution in [0.15, 0.2) is 41.2 Å². The second-order valence-electron chi connectivity index (χ2n) is 4.92. The number of hydrogen-bond donors (Lipinski definition) is 1. The Morgan fingerprint density at radius 3 is 2.45 bits per heavy atom. The molecule has 0 amide bonds. The molecule has 1 aromatic carbocycles. The van der Waals surface area contributed by atoms with Crippen LogP contribution in [0.3, 0.4) is 0 Å². The highest BCUT2D eigenvalue weighted by Gasteiger charge is 2.15. The van der Waals surface area contributed by atoms with E-state index in [2.05, 4.69) is 0 Å². The average Bonchev–Trinajstić information content (AvgIpc) is 2.44. The molecule has 0 bridgehead atoms. The van der Waals surface area contributed by atoms with Crippen molar-refractivity contribution in [3.8, 4) is 0 Å². The lowest BCUT2D eigenvalue weighted by atomic mass is 10.0. The van der Waals surface area contributed by atoms with Crippen LogP contribution in [0.4, 0.5) is 4.39 Å². The minimum Gasteiger partial charge on any atom is -0.320 e. The van der Waals surface area contributed by atoms with Gasteiger partial charge in [-0.05, 0) is 43.2 Å². The summed E-state index contributed by atoms with van der Waals surface area (Å²) in [5, 5.41) is 0. The van der Waals surface area contributed by atoms with Gasteiger partial charge < -0.3 is 10.3 Å². The van der Waals surface area contributed by atoms with Crippen molar-refractivity contribution in [3.05, 3.63) is 69.4 Å². The molecule has 0 aliphatic rings. The van der Waals surface area contributed by atoms with Crippen LogP contribution in [-0.2, 0) is 6.54 Å². The molecule has 0 fully saturated rings. The first-order valence-electron chi connectivity index (χ1n) is 6.76. The third-order valence-electron chi connectivity index (χ3n) is 3.43. The summed E-state index contributed by atoms with van der Waals surface area (Å²) in [5.41, 5.74) is 8.27. The zero-order valence-electron chi connectivity index (χ0n) is 11.8. The Kier molecular flexibility index (Phi) is 4.35. The first-order valence-corrected chi connectivity index (χ1v) is 6.76. The Morgan fingerprint density at radius 2 is 1.85 bits per heavy atom. The first-order chi connectivity index (χ1) is 9.54. The summed E-state index contributed by atoms with van der Waals surface area (Å²) in [6, 6.07) is 9.06. The Morgan fingerprint density at radius 1 is 1.20 bits per heavy atom. The molecule has 20 heavy (non-hydrogen) atoms. The monoisotopic (exact) mass is 274 g/mol. The maximum absolute atomic E-state index is 12.9. The number of benzene rings is 1. The average molecular weight is 274 g/mol. The fraction of sp³-hybridized carbons (Fsp3) is 0.312. The molecule has 0 aliphatic carbocycles. The van der Waals surface area contributed by atoms with Gasteiger partial charge in [-0.1, -0.05) is 19.1 Å². The van der Waals surface area contributed by atoms with Gasteiger partial charge >= 0.3 is 0 Å². The Hall–Kier alpha value is -1.94. The fourth-order valence-electron chi connectivity index (χ4n) is 2.28. The molecule has 0 spiro atoms. The Labute approximate surface area is 117 Å². The first kappa shape index (κ1) is 14.5. The molecule has 1 heterocycles. The molecule has 1 unspecified atom stereocenters. The van der Waals surface area contributed by atoms with E-state index in [1.807, 2.05) is 19.9 Å². The summed E-state index contributed by atoms with van der Waals surface area (Å²) in [6.07, 6.45) is 0.885. The van der Waals surface area contributed by atoms with E-state index in [1.165, 1.54) is 12.1 Å². The van der Waals surface area contributed by atoms with Gasteiger partial charge in [-0.15, -0.1) is 0 Å². The Balaban J connectivity index is 2.44. The largest absolute Gasteiger partial charge is 0.320 e. The van der Waals surface area contributed by atoms with Crippen molar-refractivity contribution in [2.45, 2.75) is 32.9 Å². The van der Waals surface area contributed by atoms with E-state index < -0.39 is 6.04 Å².